The van der Waals surface area contributed by atoms with Gasteiger partial charge in [0.1, 0.15) is 5.82 Å². The molecule has 0 amide bonds. The summed E-state index contributed by atoms with van der Waals surface area (Å²) in [6.45, 7) is 0.451. The third kappa shape index (κ3) is 3.85. The Balaban J connectivity index is 1.97. The third-order valence-corrected chi connectivity index (χ3v) is 3.74. The van der Waals surface area contributed by atoms with E-state index in [4.69, 9.17) is 11.6 Å². The molecule has 2 N–H and O–H groups in total. The van der Waals surface area contributed by atoms with Crippen LogP contribution in [0.3, 0.4) is 0 Å². The van der Waals surface area contributed by atoms with Crippen molar-refractivity contribution in [1.82, 2.24) is 0 Å². The van der Waals surface area contributed by atoms with Gasteiger partial charge in [0, 0.05) is 17.3 Å². The van der Waals surface area contributed by atoms with Gasteiger partial charge in [-0.05, 0) is 31.0 Å². The molecule has 1 aliphatic carbocycles. The summed E-state index contributed by atoms with van der Waals surface area (Å²) >= 11 is 5.79. The number of rotatable bonds is 3. The lowest BCUT2D eigenvalue weighted by atomic mass is 9.94. The molecular weight excluding hydrogens is 253 g/mol. The molecule has 1 fully saturated rings. The van der Waals surface area contributed by atoms with Crippen LogP contribution in [0.15, 0.2) is 18.2 Å². The van der Waals surface area contributed by atoms with Crippen LogP contribution in [0, 0.1) is 5.82 Å². The first kappa shape index (κ1) is 13.6. The zero-order valence-corrected chi connectivity index (χ0v) is 11.1. The van der Waals surface area contributed by atoms with Crippen molar-refractivity contribution in [2.75, 3.05) is 11.9 Å². The van der Waals surface area contributed by atoms with Crippen LogP contribution in [-0.2, 0) is 0 Å². The first-order valence-corrected chi connectivity index (χ1v) is 6.88. The number of anilines is 1. The summed E-state index contributed by atoms with van der Waals surface area (Å²) in [7, 11) is 0. The first-order valence-electron chi connectivity index (χ1n) is 6.50. The number of aliphatic hydroxyl groups is 1. The normalized spacial score (nSPS) is 19.3. The standard InChI is InChI=1S/C14H19ClFNO/c15-11-7-12(16)9-13(8-11)17-10-14(18)5-3-1-2-4-6-14/h7-9,17-18H,1-6,10H2. The van der Waals surface area contributed by atoms with E-state index in [2.05, 4.69) is 5.32 Å². The maximum atomic E-state index is 13.2. The van der Waals surface area contributed by atoms with Crippen LogP contribution in [0.1, 0.15) is 38.5 Å². The van der Waals surface area contributed by atoms with Gasteiger partial charge in [-0.2, -0.15) is 0 Å². The number of hydrogen-bond acceptors (Lipinski definition) is 2. The molecule has 2 rings (SSSR count). The van der Waals surface area contributed by atoms with E-state index in [0.717, 1.165) is 25.7 Å². The van der Waals surface area contributed by atoms with Crippen LogP contribution in [0.5, 0.6) is 0 Å². The molecule has 100 valence electrons. The molecule has 18 heavy (non-hydrogen) atoms. The van der Waals surface area contributed by atoms with Crippen LogP contribution in [0.2, 0.25) is 5.02 Å². The molecule has 0 saturated heterocycles. The van der Waals surface area contributed by atoms with Crippen molar-refractivity contribution in [3.63, 3.8) is 0 Å². The van der Waals surface area contributed by atoms with Gasteiger partial charge < -0.3 is 10.4 Å². The largest absolute Gasteiger partial charge is 0.388 e. The zero-order valence-electron chi connectivity index (χ0n) is 10.4. The molecule has 2 nitrogen and oxygen atoms in total. The van der Waals surface area contributed by atoms with Crippen LogP contribution in [-0.4, -0.2) is 17.3 Å². The van der Waals surface area contributed by atoms with Crippen molar-refractivity contribution in [2.45, 2.75) is 44.1 Å². The predicted molar refractivity (Wildman–Crippen MR) is 72.6 cm³/mol. The molecule has 0 unspecified atom stereocenters. The molecule has 1 aromatic rings. The Kier molecular flexibility index (Phi) is 4.46. The van der Waals surface area contributed by atoms with Gasteiger partial charge in [0.15, 0.2) is 0 Å². The summed E-state index contributed by atoms with van der Waals surface area (Å²) in [5, 5.41) is 13.9. The highest BCUT2D eigenvalue weighted by molar-refractivity contribution is 6.30. The van der Waals surface area contributed by atoms with Crippen LogP contribution < -0.4 is 5.32 Å². The smallest absolute Gasteiger partial charge is 0.126 e. The first-order chi connectivity index (χ1) is 8.57. The van der Waals surface area contributed by atoms with Crippen molar-refractivity contribution in [2.24, 2.45) is 0 Å². The highest BCUT2D eigenvalue weighted by atomic mass is 35.5. The van der Waals surface area contributed by atoms with Crippen LogP contribution in [0.4, 0.5) is 10.1 Å². The lowest BCUT2D eigenvalue weighted by Gasteiger charge is -2.27. The van der Waals surface area contributed by atoms with Gasteiger partial charge in [0.25, 0.3) is 0 Å². The average Bonchev–Trinajstić information content (AvgIpc) is 2.51. The number of benzene rings is 1. The van der Waals surface area contributed by atoms with E-state index in [1.807, 2.05) is 0 Å². The minimum Gasteiger partial charge on any atom is -0.388 e. The molecule has 0 spiro atoms. The summed E-state index contributed by atoms with van der Waals surface area (Å²) in [6, 6.07) is 4.34. The lowest BCUT2D eigenvalue weighted by Crippen LogP contribution is -2.36. The Morgan fingerprint density at radius 1 is 1.17 bits per heavy atom. The highest BCUT2D eigenvalue weighted by Gasteiger charge is 2.27. The maximum absolute atomic E-state index is 13.2. The van der Waals surface area contributed by atoms with Crippen molar-refractivity contribution in [1.29, 1.82) is 0 Å². The summed E-state index contributed by atoms with van der Waals surface area (Å²) in [4.78, 5) is 0. The van der Waals surface area contributed by atoms with Gasteiger partial charge in [-0.15, -0.1) is 0 Å². The Morgan fingerprint density at radius 2 is 1.83 bits per heavy atom. The SMILES string of the molecule is OC1(CNc2cc(F)cc(Cl)c2)CCCCCC1. The summed E-state index contributed by atoms with van der Waals surface area (Å²) in [5.41, 5.74) is -0.0485. The molecule has 1 aliphatic rings. The quantitative estimate of drug-likeness (QED) is 0.815. The summed E-state index contributed by atoms with van der Waals surface area (Å²) in [6.07, 6.45) is 6.11. The molecule has 1 aromatic carbocycles. The number of hydrogen-bond donors (Lipinski definition) is 2. The summed E-state index contributed by atoms with van der Waals surface area (Å²) in [5.74, 6) is -0.363. The Hall–Kier alpha value is -0.800. The molecule has 0 atom stereocenters. The molecular formula is C14H19ClFNO. The fourth-order valence-electron chi connectivity index (χ4n) is 2.49. The molecule has 1 saturated carbocycles. The number of halogens is 2. The van der Waals surface area contributed by atoms with Gasteiger partial charge in [0.2, 0.25) is 0 Å². The lowest BCUT2D eigenvalue weighted by molar-refractivity contribution is 0.0381. The second-order valence-electron chi connectivity index (χ2n) is 5.15. The Labute approximate surface area is 112 Å². The van der Waals surface area contributed by atoms with E-state index in [0.29, 0.717) is 17.3 Å². The van der Waals surface area contributed by atoms with E-state index in [-0.39, 0.29) is 5.82 Å². The Bertz CT molecular complexity index is 383. The molecule has 0 aromatic heterocycles. The third-order valence-electron chi connectivity index (χ3n) is 3.52. The van der Waals surface area contributed by atoms with E-state index in [1.165, 1.54) is 25.0 Å². The van der Waals surface area contributed by atoms with Crippen molar-refractivity contribution in [3.05, 3.63) is 29.0 Å². The molecule has 4 heteroatoms. The molecule has 0 heterocycles. The average molecular weight is 272 g/mol. The second-order valence-corrected chi connectivity index (χ2v) is 5.59. The fourth-order valence-corrected chi connectivity index (χ4v) is 2.71. The topological polar surface area (TPSA) is 32.3 Å². The van der Waals surface area contributed by atoms with E-state index in [1.54, 1.807) is 6.07 Å². The maximum Gasteiger partial charge on any atom is 0.126 e. The van der Waals surface area contributed by atoms with Crippen LogP contribution >= 0.6 is 11.6 Å². The van der Waals surface area contributed by atoms with E-state index in [9.17, 15) is 9.50 Å². The number of nitrogens with one attached hydrogen (secondary N) is 1. The van der Waals surface area contributed by atoms with Gasteiger partial charge in [-0.3, -0.25) is 0 Å². The minimum atomic E-state index is -0.671. The van der Waals surface area contributed by atoms with Gasteiger partial charge in [0.05, 0.1) is 5.60 Å². The van der Waals surface area contributed by atoms with E-state index >= 15 is 0 Å². The van der Waals surface area contributed by atoms with Crippen molar-refractivity contribution in [3.8, 4) is 0 Å². The monoisotopic (exact) mass is 271 g/mol. The van der Waals surface area contributed by atoms with Gasteiger partial charge in [-0.25, -0.2) is 4.39 Å². The van der Waals surface area contributed by atoms with Crippen molar-refractivity contribution < 1.29 is 9.50 Å². The molecule has 0 aliphatic heterocycles. The molecule has 0 bridgehead atoms. The minimum absolute atomic E-state index is 0.363. The fraction of sp³-hybridized carbons (Fsp3) is 0.571. The van der Waals surface area contributed by atoms with Crippen LogP contribution in [0.25, 0.3) is 0 Å². The predicted octanol–water partition coefficient (Wildman–Crippen LogP) is 3.98. The summed E-state index contributed by atoms with van der Waals surface area (Å²) < 4.78 is 13.2. The van der Waals surface area contributed by atoms with Crippen molar-refractivity contribution >= 4 is 17.3 Å². The zero-order chi connectivity index (χ0) is 13.0. The van der Waals surface area contributed by atoms with E-state index < -0.39 is 5.60 Å². The van der Waals surface area contributed by atoms with Gasteiger partial charge >= 0.3 is 0 Å². The Morgan fingerprint density at radius 3 is 2.44 bits per heavy atom. The second kappa shape index (κ2) is 5.89. The van der Waals surface area contributed by atoms with Gasteiger partial charge in [-0.1, -0.05) is 37.3 Å². The highest BCUT2D eigenvalue weighted by Crippen LogP contribution is 2.28. The molecule has 0 radical (unpaired) electrons.